The molecule has 0 spiro atoms. The molecular formula is C30H46N4O5S. The first-order valence-electron chi connectivity index (χ1n) is 14.1. The molecule has 2 N–H and O–H groups in total. The summed E-state index contributed by atoms with van der Waals surface area (Å²) in [5.74, 6) is -0.514. The Hall–Kier alpha value is -2.88. The first-order valence-corrected chi connectivity index (χ1v) is 15.1. The van der Waals surface area contributed by atoms with Crippen LogP contribution < -0.4 is 10.6 Å². The van der Waals surface area contributed by atoms with Crippen molar-refractivity contribution in [2.45, 2.75) is 111 Å². The monoisotopic (exact) mass is 574 g/mol. The number of unbranched alkanes of at least 4 members (excludes halogenated alkanes) is 1. The number of hydrogen-bond acceptors (Lipinski definition) is 8. The van der Waals surface area contributed by atoms with E-state index in [2.05, 4.69) is 22.5 Å². The van der Waals surface area contributed by atoms with E-state index in [-0.39, 0.29) is 24.5 Å². The van der Waals surface area contributed by atoms with Gasteiger partial charge in [0.05, 0.1) is 17.9 Å². The van der Waals surface area contributed by atoms with Crippen LogP contribution in [0.3, 0.4) is 0 Å². The topological polar surface area (TPSA) is 119 Å². The van der Waals surface area contributed by atoms with E-state index in [1.807, 2.05) is 45.1 Å². The maximum atomic E-state index is 13.4. The van der Waals surface area contributed by atoms with Crippen molar-refractivity contribution in [1.29, 1.82) is 0 Å². The lowest BCUT2D eigenvalue weighted by Crippen LogP contribution is -2.53. The number of hydrogen-bond donors (Lipinski definition) is 2. The smallest absolute Gasteiger partial charge is 0.407 e. The van der Waals surface area contributed by atoms with Crippen LogP contribution in [-0.2, 0) is 25.6 Å². The Morgan fingerprint density at radius 3 is 2.52 bits per heavy atom. The van der Waals surface area contributed by atoms with Crippen molar-refractivity contribution < 1.29 is 23.9 Å². The fourth-order valence-electron chi connectivity index (χ4n) is 3.83. The van der Waals surface area contributed by atoms with Gasteiger partial charge in [-0.2, -0.15) is 0 Å². The lowest BCUT2D eigenvalue weighted by atomic mass is 10.0. The van der Waals surface area contributed by atoms with Gasteiger partial charge in [-0.05, 0) is 64.7 Å². The second kappa shape index (κ2) is 15.2. The summed E-state index contributed by atoms with van der Waals surface area (Å²) in [7, 11) is 0. The van der Waals surface area contributed by atoms with E-state index in [0.717, 1.165) is 25.7 Å². The second-order valence-electron chi connectivity index (χ2n) is 11.5. The predicted octanol–water partition coefficient (Wildman–Crippen LogP) is 5.57. The van der Waals surface area contributed by atoms with Crippen molar-refractivity contribution in [3.63, 3.8) is 0 Å². The molecular weight excluding hydrogens is 528 g/mol. The molecule has 0 radical (unpaired) electrons. The summed E-state index contributed by atoms with van der Waals surface area (Å²) in [5, 5.41) is 6.24. The normalized spacial score (nSPS) is 18.8. The van der Waals surface area contributed by atoms with E-state index >= 15 is 0 Å². The fourth-order valence-corrected chi connectivity index (χ4v) is 4.97. The Bertz CT molecular complexity index is 1080. The number of nitrogens with one attached hydrogen (secondary N) is 2. The minimum Gasteiger partial charge on any atom is -0.457 e. The zero-order valence-electron chi connectivity index (χ0n) is 25.2. The van der Waals surface area contributed by atoms with Gasteiger partial charge in [-0.15, -0.1) is 11.8 Å². The van der Waals surface area contributed by atoms with Gasteiger partial charge in [0.25, 0.3) is 0 Å². The number of amides is 2. The largest absolute Gasteiger partial charge is 0.457 e. The Labute approximate surface area is 243 Å². The van der Waals surface area contributed by atoms with Crippen molar-refractivity contribution in [2.75, 3.05) is 5.75 Å². The molecule has 1 aliphatic rings. The molecule has 2 heterocycles. The molecule has 3 unspecified atom stereocenters. The van der Waals surface area contributed by atoms with Gasteiger partial charge in [0, 0.05) is 5.75 Å². The van der Waals surface area contributed by atoms with E-state index in [1.54, 1.807) is 33.8 Å². The number of pyridine rings is 1. The van der Waals surface area contributed by atoms with E-state index < -0.39 is 29.2 Å². The van der Waals surface area contributed by atoms with E-state index in [4.69, 9.17) is 14.5 Å². The number of carbonyl (C=O) groups excluding carboxylic acids is 3. The zero-order valence-corrected chi connectivity index (χ0v) is 26.0. The van der Waals surface area contributed by atoms with Crippen LogP contribution >= 0.6 is 11.8 Å². The lowest BCUT2D eigenvalue weighted by molar-refractivity contribution is -0.153. The first kappa shape index (κ1) is 33.3. The standard InChI is InChI=1S/C30H46N4O5S/c1-9-11-12-16-22(14-10-2)38-26(35)24(20(3)4)33-27(36)30(8)19-40-25(34-30)23-17-13-15-21(32-23)18-31-28(37)39-29(5,6)7/h12-13,15-17,20,22,24H,9-11,14,18-19H2,1-8H3,(H,31,37)(H,33,36). The van der Waals surface area contributed by atoms with Crippen molar-refractivity contribution >= 4 is 34.8 Å². The minimum atomic E-state index is -1.07. The molecule has 0 saturated carbocycles. The van der Waals surface area contributed by atoms with Crippen LogP contribution in [0.2, 0.25) is 0 Å². The molecule has 0 aliphatic carbocycles. The second-order valence-corrected chi connectivity index (χ2v) is 12.5. The van der Waals surface area contributed by atoms with E-state index in [1.165, 1.54) is 11.8 Å². The Morgan fingerprint density at radius 2 is 1.90 bits per heavy atom. The average molecular weight is 575 g/mol. The number of aromatic nitrogens is 1. The molecule has 40 heavy (non-hydrogen) atoms. The molecule has 0 aromatic carbocycles. The molecule has 1 aliphatic heterocycles. The van der Waals surface area contributed by atoms with Gasteiger partial charge >= 0.3 is 12.1 Å². The van der Waals surface area contributed by atoms with Crippen LogP contribution in [0.4, 0.5) is 4.79 Å². The highest BCUT2D eigenvalue weighted by Crippen LogP contribution is 2.31. The SMILES string of the molecule is CCCC=CC(CCC)OC(=O)C(NC(=O)C1(C)CSC(c2cccc(CNC(=O)OC(C)(C)C)n2)=N1)C(C)C. The van der Waals surface area contributed by atoms with Crippen molar-refractivity contribution in [3.05, 3.63) is 41.7 Å². The van der Waals surface area contributed by atoms with Gasteiger partial charge < -0.3 is 20.1 Å². The maximum absolute atomic E-state index is 13.4. The van der Waals surface area contributed by atoms with Crippen LogP contribution in [0, 0.1) is 5.92 Å². The number of alkyl carbamates (subject to hydrolysis) is 1. The predicted molar refractivity (Wildman–Crippen MR) is 160 cm³/mol. The fraction of sp³-hybridized carbons (Fsp3) is 0.633. The molecule has 9 nitrogen and oxygen atoms in total. The Balaban J connectivity index is 2.10. The average Bonchev–Trinajstić information content (AvgIpc) is 3.28. The number of nitrogens with zero attached hydrogens (tertiary/aromatic N) is 2. The summed E-state index contributed by atoms with van der Waals surface area (Å²) in [5.41, 5.74) is -0.398. The summed E-state index contributed by atoms with van der Waals surface area (Å²) in [6.07, 6.45) is 6.71. The van der Waals surface area contributed by atoms with Gasteiger partial charge in [0.1, 0.15) is 28.3 Å². The van der Waals surface area contributed by atoms with Crippen LogP contribution in [0.1, 0.15) is 92.5 Å². The number of esters is 1. The third kappa shape index (κ3) is 10.6. The molecule has 0 saturated heterocycles. The van der Waals surface area contributed by atoms with E-state index in [0.29, 0.717) is 22.2 Å². The zero-order chi connectivity index (χ0) is 29.9. The Kier molecular flexibility index (Phi) is 12.7. The summed E-state index contributed by atoms with van der Waals surface area (Å²) in [6, 6.07) is 4.67. The van der Waals surface area contributed by atoms with Crippen molar-refractivity contribution in [1.82, 2.24) is 15.6 Å². The first-order chi connectivity index (χ1) is 18.8. The van der Waals surface area contributed by atoms with Gasteiger partial charge in [0.15, 0.2) is 0 Å². The highest BCUT2D eigenvalue weighted by Gasteiger charge is 2.41. The number of aliphatic imine (C=N–C) groups is 1. The highest BCUT2D eigenvalue weighted by molar-refractivity contribution is 8.14. The minimum absolute atomic E-state index is 0.157. The molecule has 0 fully saturated rings. The Morgan fingerprint density at radius 1 is 1.18 bits per heavy atom. The number of rotatable bonds is 13. The third-order valence-corrected chi connectivity index (χ3v) is 7.30. The number of allylic oxidation sites excluding steroid dienone is 1. The number of carbonyl (C=O) groups is 3. The van der Waals surface area contributed by atoms with Crippen LogP contribution in [-0.4, -0.2) is 57.0 Å². The molecule has 10 heteroatoms. The molecule has 2 amide bonds. The summed E-state index contributed by atoms with van der Waals surface area (Å²) in [6.45, 7) is 15.3. The number of ether oxygens (including phenoxy) is 2. The molecule has 1 aromatic rings. The molecule has 0 bridgehead atoms. The van der Waals surface area contributed by atoms with Crippen LogP contribution in [0.15, 0.2) is 35.3 Å². The van der Waals surface area contributed by atoms with Gasteiger partial charge in [-0.25, -0.2) is 14.6 Å². The van der Waals surface area contributed by atoms with E-state index in [9.17, 15) is 14.4 Å². The number of thioether (sulfide) groups is 1. The molecule has 222 valence electrons. The van der Waals surface area contributed by atoms with Gasteiger partial charge in [0.2, 0.25) is 5.91 Å². The van der Waals surface area contributed by atoms with Crippen molar-refractivity contribution in [2.24, 2.45) is 10.9 Å². The highest BCUT2D eigenvalue weighted by atomic mass is 32.2. The van der Waals surface area contributed by atoms with Crippen LogP contribution in [0.5, 0.6) is 0 Å². The summed E-state index contributed by atoms with van der Waals surface area (Å²) >= 11 is 1.43. The summed E-state index contributed by atoms with van der Waals surface area (Å²) in [4.78, 5) is 47.8. The lowest BCUT2D eigenvalue weighted by Gasteiger charge is -2.27. The molecule has 3 atom stereocenters. The maximum Gasteiger partial charge on any atom is 0.407 e. The van der Waals surface area contributed by atoms with Crippen molar-refractivity contribution in [3.8, 4) is 0 Å². The third-order valence-electron chi connectivity index (χ3n) is 6.02. The van der Waals surface area contributed by atoms with Gasteiger partial charge in [-0.3, -0.25) is 9.79 Å². The molecule has 1 aromatic heterocycles. The summed E-state index contributed by atoms with van der Waals surface area (Å²) < 4.78 is 11.1. The molecule has 2 rings (SSSR count). The quantitative estimate of drug-likeness (QED) is 0.234. The van der Waals surface area contributed by atoms with Gasteiger partial charge in [-0.1, -0.05) is 52.7 Å². The van der Waals surface area contributed by atoms with Crippen LogP contribution in [0.25, 0.3) is 0 Å².